The molecule has 2 aromatic carbocycles. The third kappa shape index (κ3) is 4.28. The molecule has 0 radical (unpaired) electrons. The molecule has 0 saturated carbocycles. The lowest BCUT2D eigenvalue weighted by molar-refractivity contribution is 0.102. The Morgan fingerprint density at radius 3 is 2.56 bits per heavy atom. The molecule has 0 atom stereocenters. The van der Waals surface area contributed by atoms with Gasteiger partial charge in [-0.05, 0) is 43.2 Å². The summed E-state index contributed by atoms with van der Waals surface area (Å²) in [5.41, 5.74) is 2.90. The molecule has 1 N–H and O–H groups in total. The quantitative estimate of drug-likeness (QED) is 0.756. The second-order valence-corrected chi connectivity index (χ2v) is 6.39. The van der Waals surface area contributed by atoms with Crippen LogP contribution in [0.5, 0.6) is 0 Å². The minimum absolute atomic E-state index is 0.131. The van der Waals surface area contributed by atoms with Crippen LogP contribution in [0.25, 0.3) is 0 Å². The van der Waals surface area contributed by atoms with Crippen LogP contribution in [-0.2, 0) is 6.54 Å². The van der Waals surface area contributed by atoms with E-state index in [1.807, 2.05) is 32.0 Å². The Morgan fingerprint density at radius 1 is 1.04 bits per heavy atom. The number of pyridine rings is 1. The second-order valence-electron chi connectivity index (χ2n) is 6.39. The van der Waals surface area contributed by atoms with Crippen molar-refractivity contribution in [1.82, 2.24) is 4.57 Å². The molecule has 1 aromatic heterocycles. The molecule has 0 aliphatic carbocycles. The summed E-state index contributed by atoms with van der Waals surface area (Å²) < 4.78 is 28.1. The molecule has 138 valence electrons. The monoisotopic (exact) mass is 368 g/mol. The van der Waals surface area contributed by atoms with E-state index in [4.69, 9.17) is 0 Å². The van der Waals surface area contributed by atoms with E-state index < -0.39 is 17.5 Å². The van der Waals surface area contributed by atoms with Gasteiger partial charge in [0.2, 0.25) is 0 Å². The molecule has 0 unspecified atom stereocenters. The van der Waals surface area contributed by atoms with Crippen molar-refractivity contribution in [2.45, 2.75) is 20.4 Å². The van der Waals surface area contributed by atoms with E-state index in [1.165, 1.54) is 22.9 Å². The van der Waals surface area contributed by atoms with Gasteiger partial charge in [-0.3, -0.25) is 9.59 Å². The summed E-state index contributed by atoms with van der Waals surface area (Å²) in [4.78, 5) is 24.6. The van der Waals surface area contributed by atoms with Crippen molar-refractivity contribution >= 4 is 11.6 Å². The Morgan fingerprint density at radius 2 is 1.81 bits per heavy atom. The number of aryl methyl sites for hydroxylation is 2. The van der Waals surface area contributed by atoms with Crippen molar-refractivity contribution in [3.63, 3.8) is 0 Å². The van der Waals surface area contributed by atoms with E-state index in [-0.39, 0.29) is 16.8 Å². The smallest absolute Gasteiger partial charge is 0.257 e. The highest BCUT2D eigenvalue weighted by atomic mass is 19.1. The first-order chi connectivity index (χ1) is 12.8. The first-order valence-electron chi connectivity index (χ1n) is 8.36. The summed E-state index contributed by atoms with van der Waals surface area (Å²) in [5.74, 6) is -2.19. The van der Waals surface area contributed by atoms with Gasteiger partial charge in [0.05, 0.1) is 17.8 Å². The van der Waals surface area contributed by atoms with Crippen molar-refractivity contribution in [2.24, 2.45) is 0 Å². The van der Waals surface area contributed by atoms with Crippen LogP contribution in [0.15, 0.2) is 59.5 Å². The topological polar surface area (TPSA) is 51.1 Å². The van der Waals surface area contributed by atoms with Crippen molar-refractivity contribution in [2.75, 3.05) is 5.32 Å². The van der Waals surface area contributed by atoms with Crippen LogP contribution in [0.1, 0.15) is 27.0 Å². The third-order valence-corrected chi connectivity index (χ3v) is 4.27. The Hall–Kier alpha value is -3.28. The van der Waals surface area contributed by atoms with Crippen LogP contribution in [0.4, 0.5) is 14.5 Å². The van der Waals surface area contributed by atoms with Crippen molar-refractivity contribution in [1.29, 1.82) is 0 Å². The fourth-order valence-corrected chi connectivity index (χ4v) is 2.73. The molecule has 6 heteroatoms. The average molecular weight is 368 g/mol. The van der Waals surface area contributed by atoms with Crippen LogP contribution < -0.4 is 10.9 Å². The standard InChI is InChI=1S/C21H18F2N2O2/c1-13-3-4-14(2)16(9-13)12-25-11-15(5-8-20(25)26)21(27)24-19-7-6-17(22)10-18(19)23/h3-11H,12H2,1-2H3,(H,24,27). The summed E-state index contributed by atoms with van der Waals surface area (Å²) in [5, 5.41) is 2.39. The number of hydrogen-bond acceptors (Lipinski definition) is 2. The van der Waals surface area contributed by atoms with Crippen LogP contribution in [0.3, 0.4) is 0 Å². The lowest BCUT2D eigenvalue weighted by atomic mass is 10.1. The number of nitrogens with one attached hydrogen (secondary N) is 1. The molecule has 3 aromatic rings. The largest absolute Gasteiger partial charge is 0.319 e. The molecular formula is C21H18F2N2O2. The molecule has 0 fully saturated rings. The molecular weight excluding hydrogens is 350 g/mol. The van der Waals surface area contributed by atoms with Gasteiger partial charge in [-0.2, -0.15) is 0 Å². The van der Waals surface area contributed by atoms with E-state index in [0.29, 0.717) is 12.6 Å². The van der Waals surface area contributed by atoms with E-state index in [2.05, 4.69) is 5.32 Å². The molecule has 1 heterocycles. The number of anilines is 1. The molecule has 1 amide bonds. The number of carbonyl (C=O) groups is 1. The molecule has 3 rings (SSSR count). The summed E-state index contributed by atoms with van der Waals surface area (Å²) in [6, 6.07) is 11.5. The number of aromatic nitrogens is 1. The predicted molar refractivity (Wildman–Crippen MR) is 100 cm³/mol. The normalized spacial score (nSPS) is 10.7. The highest BCUT2D eigenvalue weighted by molar-refractivity contribution is 6.04. The lowest BCUT2D eigenvalue weighted by Crippen LogP contribution is -2.23. The van der Waals surface area contributed by atoms with Gasteiger partial charge in [-0.1, -0.05) is 23.8 Å². The van der Waals surface area contributed by atoms with Gasteiger partial charge >= 0.3 is 0 Å². The Bertz CT molecular complexity index is 1070. The van der Waals surface area contributed by atoms with Gasteiger partial charge in [0.15, 0.2) is 0 Å². The molecule has 0 saturated heterocycles. The number of hydrogen-bond donors (Lipinski definition) is 1. The van der Waals surface area contributed by atoms with Crippen LogP contribution in [0.2, 0.25) is 0 Å². The number of rotatable bonds is 4. The number of amides is 1. The highest BCUT2D eigenvalue weighted by Crippen LogP contribution is 2.16. The highest BCUT2D eigenvalue weighted by Gasteiger charge is 2.12. The Balaban J connectivity index is 1.87. The van der Waals surface area contributed by atoms with E-state index in [9.17, 15) is 18.4 Å². The fourth-order valence-electron chi connectivity index (χ4n) is 2.73. The van der Waals surface area contributed by atoms with E-state index in [0.717, 1.165) is 28.8 Å². The molecule has 0 spiro atoms. The van der Waals surface area contributed by atoms with Gasteiger partial charge in [0, 0.05) is 18.3 Å². The zero-order valence-corrected chi connectivity index (χ0v) is 14.9. The van der Waals surface area contributed by atoms with Crippen molar-refractivity contribution < 1.29 is 13.6 Å². The maximum absolute atomic E-state index is 13.7. The molecule has 27 heavy (non-hydrogen) atoms. The number of carbonyl (C=O) groups excluding carboxylic acids is 1. The fraction of sp³-hybridized carbons (Fsp3) is 0.143. The van der Waals surface area contributed by atoms with Gasteiger partial charge in [-0.25, -0.2) is 8.78 Å². The summed E-state index contributed by atoms with van der Waals surface area (Å²) >= 11 is 0. The first kappa shape index (κ1) is 18.5. The summed E-state index contributed by atoms with van der Waals surface area (Å²) in [6.45, 7) is 4.23. The SMILES string of the molecule is Cc1ccc(C)c(Cn2cc(C(=O)Nc3ccc(F)cc3F)ccc2=O)c1. The number of halogens is 2. The predicted octanol–water partition coefficient (Wildman–Crippen LogP) is 4.04. The van der Waals surface area contributed by atoms with Crippen LogP contribution in [0, 0.1) is 25.5 Å². The van der Waals surface area contributed by atoms with Crippen molar-refractivity contribution in [3.05, 3.63) is 99.0 Å². The molecule has 4 nitrogen and oxygen atoms in total. The van der Waals surface area contributed by atoms with E-state index >= 15 is 0 Å². The Kier molecular flexibility index (Phi) is 5.16. The van der Waals surface area contributed by atoms with Gasteiger partial charge in [0.25, 0.3) is 11.5 Å². The van der Waals surface area contributed by atoms with Gasteiger partial charge in [-0.15, -0.1) is 0 Å². The zero-order chi connectivity index (χ0) is 19.6. The van der Waals surface area contributed by atoms with Gasteiger partial charge in [0.1, 0.15) is 11.6 Å². The summed E-state index contributed by atoms with van der Waals surface area (Å²) in [6.07, 6.45) is 1.43. The molecule has 0 aliphatic rings. The average Bonchev–Trinajstić information content (AvgIpc) is 2.62. The third-order valence-electron chi connectivity index (χ3n) is 4.27. The second kappa shape index (κ2) is 7.53. The Labute approximate surface area is 155 Å². The maximum Gasteiger partial charge on any atom is 0.257 e. The minimum Gasteiger partial charge on any atom is -0.319 e. The molecule has 0 aliphatic heterocycles. The first-order valence-corrected chi connectivity index (χ1v) is 8.36. The number of nitrogens with zero attached hydrogens (tertiary/aromatic N) is 1. The van der Waals surface area contributed by atoms with E-state index in [1.54, 1.807) is 0 Å². The minimum atomic E-state index is -0.868. The zero-order valence-electron chi connectivity index (χ0n) is 14.9. The van der Waals surface area contributed by atoms with Crippen molar-refractivity contribution in [3.8, 4) is 0 Å². The lowest BCUT2D eigenvalue weighted by Gasteiger charge is -2.12. The van der Waals surface area contributed by atoms with Crippen LogP contribution >= 0.6 is 0 Å². The maximum atomic E-state index is 13.7. The van der Waals surface area contributed by atoms with Crippen LogP contribution in [-0.4, -0.2) is 10.5 Å². The van der Waals surface area contributed by atoms with Gasteiger partial charge < -0.3 is 9.88 Å². The molecule has 0 bridgehead atoms. The summed E-state index contributed by atoms with van der Waals surface area (Å²) in [7, 11) is 0. The number of benzene rings is 2.